The molecule has 0 radical (unpaired) electrons. The lowest BCUT2D eigenvalue weighted by Crippen LogP contribution is -2.45. The van der Waals surface area contributed by atoms with Crippen LogP contribution in [0.25, 0.3) is 0 Å². The molecule has 1 aliphatic carbocycles. The Bertz CT molecular complexity index is 1110. The number of rotatable bonds is 9. The quantitative estimate of drug-likeness (QED) is 0.547. The minimum absolute atomic E-state index is 0.000286. The lowest BCUT2D eigenvalue weighted by atomic mass is 9.64. The molecule has 0 bridgehead atoms. The highest BCUT2D eigenvalue weighted by molar-refractivity contribution is 8.15. The summed E-state index contributed by atoms with van der Waals surface area (Å²) in [7, 11) is 0. The van der Waals surface area contributed by atoms with Gasteiger partial charge in [0.05, 0.1) is 0 Å². The van der Waals surface area contributed by atoms with Crippen LogP contribution in [0.4, 0.5) is 5.69 Å². The van der Waals surface area contributed by atoms with Gasteiger partial charge in [-0.2, -0.15) is 4.99 Å². The molecule has 7 nitrogen and oxygen atoms in total. The van der Waals surface area contributed by atoms with Crippen LogP contribution in [-0.2, 0) is 15.0 Å². The molecule has 2 aromatic carbocycles. The monoisotopic (exact) mass is 492 g/mol. The van der Waals surface area contributed by atoms with E-state index in [1.165, 1.54) is 17.3 Å². The Morgan fingerprint density at radius 1 is 1.09 bits per heavy atom. The van der Waals surface area contributed by atoms with Gasteiger partial charge in [0.25, 0.3) is 11.8 Å². The first-order chi connectivity index (χ1) is 16.9. The van der Waals surface area contributed by atoms with E-state index in [1.807, 2.05) is 36.9 Å². The number of carbonyl (C=O) groups is 3. The summed E-state index contributed by atoms with van der Waals surface area (Å²) in [5, 5.41) is 6.08. The van der Waals surface area contributed by atoms with E-state index in [4.69, 9.17) is 0 Å². The molecule has 184 valence electrons. The molecule has 0 saturated heterocycles. The molecule has 1 fully saturated rings. The van der Waals surface area contributed by atoms with Gasteiger partial charge < -0.3 is 15.5 Å². The number of benzene rings is 2. The van der Waals surface area contributed by atoms with Crippen molar-refractivity contribution in [3.63, 3.8) is 0 Å². The molecule has 4 rings (SSSR count). The summed E-state index contributed by atoms with van der Waals surface area (Å²) in [5.41, 5.74) is 2.29. The maximum absolute atomic E-state index is 12.9. The second-order valence-electron chi connectivity index (χ2n) is 9.03. The number of aliphatic imine (C=N–C) groups is 1. The summed E-state index contributed by atoms with van der Waals surface area (Å²) in [6.07, 6.45) is 3.32. The van der Waals surface area contributed by atoms with Gasteiger partial charge >= 0.3 is 0 Å². The van der Waals surface area contributed by atoms with E-state index >= 15 is 0 Å². The average molecular weight is 493 g/mol. The normalized spacial score (nSPS) is 18.4. The van der Waals surface area contributed by atoms with E-state index in [-0.39, 0.29) is 29.6 Å². The standard InChI is InChI=1S/C27H32N4O3S/c1-3-31(4-2)26-30-25(34)22(35-26)17-23(32)29-21-13-8-10-19(16-21)24(33)28-18-27(14-9-15-27)20-11-6-5-7-12-20/h5-8,10-13,16,22H,3-4,9,14-15,17-18H2,1-2H3,(H,28,33)(H,29,32)/t22-/m0/s1. The largest absolute Gasteiger partial charge is 0.352 e. The zero-order chi connectivity index (χ0) is 24.8. The first kappa shape index (κ1) is 25.0. The van der Waals surface area contributed by atoms with Crippen molar-refractivity contribution in [3.05, 3.63) is 65.7 Å². The molecule has 3 amide bonds. The third kappa shape index (κ3) is 5.75. The SMILES string of the molecule is CCN(CC)C1=NC(=O)[C@H](CC(=O)Nc2cccc(C(=O)NCC3(c4ccccc4)CCC3)c2)S1. The van der Waals surface area contributed by atoms with E-state index in [0.717, 1.165) is 32.4 Å². The van der Waals surface area contributed by atoms with Crippen molar-refractivity contribution in [1.82, 2.24) is 10.2 Å². The van der Waals surface area contributed by atoms with Crippen molar-refractivity contribution in [2.24, 2.45) is 4.99 Å². The fourth-order valence-electron chi connectivity index (χ4n) is 4.57. The van der Waals surface area contributed by atoms with Crippen LogP contribution in [0.3, 0.4) is 0 Å². The van der Waals surface area contributed by atoms with Gasteiger partial charge in [0, 0.05) is 42.7 Å². The van der Waals surface area contributed by atoms with Gasteiger partial charge in [-0.3, -0.25) is 14.4 Å². The van der Waals surface area contributed by atoms with Crippen LogP contribution >= 0.6 is 11.8 Å². The summed E-state index contributed by atoms with van der Waals surface area (Å²) in [6, 6.07) is 17.2. The zero-order valence-corrected chi connectivity index (χ0v) is 21.1. The highest BCUT2D eigenvalue weighted by Crippen LogP contribution is 2.43. The van der Waals surface area contributed by atoms with Crippen LogP contribution in [0, 0.1) is 0 Å². The molecule has 2 N–H and O–H groups in total. The Labute approximate surface area is 210 Å². The lowest BCUT2D eigenvalue weighted by molar-refractivity contribution is -0.121. The molecule has 1 aliphatic heterocycles. The molecule has 0 aromatic heterocycles. The molecule has 8 heteroatoms. The van der Waals surface area contributed by atoms with Crippen molar-refractivity contribution < 1.29 is 14.4 Å². The summed E-state index contributed by atoms with van der Waals surface area (Å²) in [6.45, 7) is 6.12. The average Bonchev–Trinajstić information content (AvgIpc) is 3.19. The third-order valence-electron chi connectivity index (χ3n) is 6.83. The number of amidine groups is 1. The first-order valence-corrected chi connectivity index (χ1v) is 13.1. The van der Waals surface area contributed by atoms with Crippen molar-refractivity contribution in [1.29, 1.82) is 0 Å². The van der Waals surface area contributed by atoms with E-state index in [1.54, 1.807) is 24.3 Å². The molecule has 1 saturated carbocycles. The van der Waals surface area contributed by atoms with Crippen molar-refractivity contribution in [3.8, 4) is 0 Å². The second-order valence-corrected chi connectivity index (χ2v) is 10.2. The van der Waals surface area contributed by atoms with Crippen LogP contribution < -0.4 is 10.6 Å². The number of nitrogens with zero attached hydrogens (tertiary/aromatic N) is 2. The fraction of sp³-hybridized carbons (Fsp3) is 0.407. The molecule has 2 aromatic rings. The first-order valence-electron chi connectivity index (χ1n) is 12.2. The second kappa shape index (κ2) is 11.1. The van der Waals surface area contributed by atoms with Crippen molar-refractivity contribution in [2.75, 3.05) is 25.0 Å². The minimum atomic E-state index is -0.520. The maximum atomic E-state index is 12.9. The number of carbonyl (C=O) groups excluding carboxylic acids is 3. The van der Waals surface area contributed by atoms with Gasteiger partial charge in [-0.15, -0.1) is 0 Å². The van der Waals surface area contributed by atoms with Crippen LogP contribution in [0.1, 0.15) is 55.5 Å². The molecule has 1 heterocycles. The molecule has 1 atom stereocenters. The highest BCUT2D eigenvalue weighted by Gasteiger charge is 2.38. The number of thioether (sulfide) groups is 1. The zero-order valence-electron chi connectivity index (χ0n) is 20.3. The van der Waals surface area contributed by atoms with Gasteiger partial charge in [-0.05, 0) is 50.5 Å². The van der Waals surface area contributed by atoms with Gasteiger partial charge in [0.15, 0.2) is 5.17 Å². The molecular weight excluding hydrogens is 460 g/mol. The summed E-state index contributed by atoms with van der Waals surface area (Å²) >= 11 is 1.34. The van der Waals surface area contributed by atoms with E-state index in [2.05, 4.69) is 27.8 Å². The number of nitrogens with one attached hydrogen (secondary N) is 2. The van der Waals surface area contributed by atoms with E-state index in [0.29, 0.717) is 23.0 Å². The summed E-state index contributed by atoms with van der Waals surface area (Å²) in [4.78, 5) is 43.9. The van der Waals surface area contributed by atoms with Gasteiger partial charge in [-0.1, -0.05) is 54.6 Å². The lowest BCUT2D eigenvalue weighted by Gasteiger charge is -2.42. The van der Waals surface area contributed by atoms with Gasteiger partial charge in [0.2, 0.25) is 5.91 Å². The summed E-state index contributed by atoms with van der Waals surface area (Å²) < 4.78 is 0. The van der Waals surface area contributed by atoms with Crippen molar-refractivity contribution in [2.45, 2.75) is 50.2 Å². The number of anilines is 1. The molecule has 0 spiro atoms. The van der Waals surface area contributed by atoms with Gasteiger partial charge in [0.1, 0.15) is 5.25 Å². The van der Waals surface area contributed by atoms with Crippen LogP contribution in [0.15, 0.2) is 59.6 Å². The Balaban J connectivity index is 1.32. The Morgan fingerprint density at radius 2 is 1.83 bits per heavy atom. The van der Waals surface area contributed by atoms with Crippen LogP contribution in [0.2, 0.25) is 0 Å². The predicted octanol–water partition coefficient (Wildman–Crippen LogP) is 4.21. The molecular formula is C27H32N4O3S. The van der Waals surface area contributed by atoms with Crippen LogP contribution in [-0.4, -0.2) is 52.7 Å². The van der Waals surface area contributed by atoms with E-state index in [9.17, 15) is 14.4 Å². The molecule has 0 unspecified atom stereocenters. The topological polar surface area (TPSA) is 90.9 Å². The molecule has 35 heavy (non-hydrogen) atoms. The predicted molar refractivity (Wildman–Crippen MR) is 141 cm³/mol. The van der Waals surface area contributed by atoms with Gasteiger partial charge in [-0.25, -0.2) is 0 Å². The third-order valence-corrected chi connectivity index (χ3v) is 8.04. The summed E-state index contributed by atoms with van der Waals surface area (Å²) in [5.74, 6) is -0.715. The highest BCUT2D eigenvalue weighted by atomic mass is 32.2. The van der Waals surface area contributed by atoms with E-state index < -0.39 is 5.25 Å². The minimum Gasteiger partial charge on any atom is -0.352 e. The number of amides is 3. The maximum Gasteiger partial charge on any atom is 0.262 e. The smallest absolute Gasteiger partial charge is 0.262 e. The number of hydrogen-bond donors (Lipinski definition) is 2. The Morgan fingerprint density at radius 3 is 2.49 bits per heavy atom. The Kier molecular flexibility index (Phi) is 7.90. The van der Waals surface area contributed by atoms with Crippen LogP contribution in [0.5, 0.6) is 0 Å². The molecule has 2 aliphatic rings. The Hall–Kier alpha value is -3.13. The fourth-order valence-corrected chi connectivity index (χ4v) is 5.76. The number of hydrogen-bond acceptors (Lipinski definition) is 5. The van der Waals surface area contributed by atoms with Crippen molar-refractivity contribution >= 4 is 40.3 Å².